The molecule has 162 valence electrons. The summed E-state index contributed by atoms with van der Waals surface area (Å²) in [6, 6.07) is 16.7. The van der Waals surface area contributed by atoms with Crippen molar-refractivity contribution >= 4 is 46.5 Å². The Morgan fingerprint density at radius 1 is 1.10 bits per heavy atom. The zero-order chi connectivity index (χ0) is 21.8. The van der Waals surface area contributed by atoms with Gasteiger partial charge in [-0.15, -0.1) is 11.8 Å². The van der Waals surface area contributed by atoms with Crippen molar-refractivity contribution in [1.82, 2.24) is 16.1 Å². The Balaban J connectivity index is 1.33. The van der Waals surface area contributed by atoms with Crippen molar-refractivity contribution in [3.63, 3.8) is 0 Å². The van der Waals surface area contributed by atoms with Gasteiger partial charge in [-0.05, 0) is 30.3 Å². The largest absolute Gasteiger partial charge is 0.331 e. The summed E-state index contributed by atoms with van der Waals surface area (Å²) in [5.74, 6) is -0.494. The van der Waals surface area contributed by atoms with Crippen LogP contribution in [0.2, 0.25) is 0 Å². The van der Waals surface area contributed by atoms with Crippen molar-refractivity contribution < 1.29 is 14.4 Å². The highest BCUT2D eigenvalue weighted by molar-refractivity contribution is 8.00. The fourth-order valence-electron chi connectivity index (χ4n) is 3.61. The van der Waals surface area contributed by atoms with Crippen molar-refractivity contribution in [2.75, 3.05) is 27.9 Å². The molecule has 0 radical (unpaired) electrons. The number of nitrogens with zero attached hydrogens (tertiary/aromatic N) is 1. The molecule has 0 aliphatic carbocycles. The lowest BCUT2D eigenvalue weighted by atomic mass is 10.1. The van der Waals surface area contributed by atoms with Gasteiger partial charge in [0.2, 0.25) is 17.7 Å². The van der Waals surface area contributed by atoms with Gasteiger partial charge in [0.1, 0.15) is 11.7 Å². The van der Waals surface area contributed by atoms with E-state index in [-0.39, 0.29) is 35.6 Å². The molecule has 2 aromatic rings. The molecular formula is C21H24N6O3S. The van der Waals surface area contributed by atoms with Crippen molar-refractivity contribution in [3.05, 3.63) is 54.6 Å². The number of anilines is 3. The van der Waals surface area contributed by atoms with Crippen LogP contribution >= 0.6 is 11.8 Å². The molecule has 0 saturated carbocycles. The number of para-hydroxylation sites is 1. The zero-order valence-corrected chi connectivity index (χ0v) is 17.7. The maximum absolute atomic E-state index is 12.6. The monoisotopic (exact) mass is 440 g/mol. The zero-order valence-electron chi connectivity index (χ0n) is 16.9. The summed E-state index contributed by atoms with van der Waals surface area (Å²) in [5.41, 5.74) is 5.05. The molecule has 2 aliphatic rings. The van der Waals surface area contributed by atoms with Crippen LogP contribution < -0.4 is 31.7 Å². The maximum atomic E-state index is 12.6. The Kier molecular flexibility index (Phi) is 6.40. The first-order valence-electron chi connectivity index (χ1n) is 9.93. The molecular weight excluding hydrogens is 416 g/mol. The van der Waals surface area contributed by atoms with Gasteiger partial charge in [0.05, 0.1) is 17.4 Å². The molecule has 3 atom stereocenters. The van der Waals surface area contributed by atoms with E-state index < -0.39 is 5.50 Å². The van der Waals surface area contributed by atoms with E-state index >= 15 is 0 Å². The molecule has 5 N–H and O–H groups in total. The lowest BCUT2D eigenvalue weighted by molar-refractivity contribution is -0.127. The first kappa shape index (κ1) is 21.2. The van der Waals surface area contributed by atoms with Crippen LogP contribution in [0.3, 0.4) is 0 Å². The predicted octanol–water partition coefficient (Wildman–Crippen LogP) is 1.29. The highest BCUT2D eigenvalue weighted by Crippen LogP contribution is 2.26. The van der Waals surface area contributed by atoms with Crippen LogP contribution in [0.15, 0.2) is 54.6 Å². The number of fused-ring (bicyclic) bond motifs is 1. The third-order valence-electron chi connectivity index (χ3n) is 4.96. The SMILES string of the molecule is CC(=O)Nc1cccc(NC(=O)CSC2NC(=O)C3CNN(c4ccccc4)C3N2)c1. The minimum Gasteiger partial charge on any atom is -0.331 e. The highest BCUT2D eigenvalue weighted by Gasteiger charge is 2.44. The quantitative estimate of drug-likeness (QED) is 0.460. The molecule has 2 saturated heterocycles. The molecule has 2 fully saturated rings. The third kappa shape index (κ3) is 5.16. The highest BCUT2D eigenvalue weighted by atomic mass is 32.2. The number of thioether (sulfide) groups is 1. The van der Waals surface area contributed by atoms with Crippen molar-refractivity contribution in [2.24, 2.45) is 5.92 Å². The third-order valence-corrected chi connectivity index (χ3v) is 5.97. The molecule has 9 nitrogen and oxygen atoms in total. The van der Waals surface area contributed by atoms with E-state index in [2.05, 4.69) is 26.7 Å². The minimum absolute atomic E-state index is 0.0457. The summed E-state index contributed by atoms with van der Waals surface area (Å²) in [7, 11) is 0. The number of carbonyl (C=O) groups excluding carboxylic acids is 3. The number of hydrazine groups is 1. The average molecular weight is 441 g/mol. The molecule has 31 heavy (non-hydrogen) atoms. The summed E-state index contributed by atoms with van der Waals surface area (Å²) in [5, 5.41) is 13.8. The lowest BCUT2D eigenvalue weighted by Crippen LogP contribution is -2.63. The van der Waals surface area contributed by atoms with E-state index in [4.69, 9.17) is 0 Å². The standard InChI is InChI=1S/C21H24N6O3S/c1-13(28)23-14-6-5-7-15(10-14)24-18(29)12-31-21-25-19-17(20(30)26-21)11-22-27(19)16-8-3-2-4-9-16/h2-10,17,19,21-22,25H,11-12H2,1H3,(H,23,28)(H,24,29)(H,26,30). The first-order chi connectivity index (χ1) is 15.0. The minimum atomic E-state index is -0.392. The normalized spacial score (nSPS) is 22.4. The molecule has 3 amide bonds. The number of amides is 3. The van der Waals surface area contributed by atoms with E-state index in [1.807, 2.05) is 35.3 Å². The van der Waals surface area contributed by atoms with E-state index in [9.17, 15) is 14.4 Å². The Bertz CT molecular complexity index is 973. The molecule has 0 aromatic heterocycles. The maximum Gasteiger partial charge on any atom is 0.234 e. The molecule has 10 heteroatoms. The average Bonchev–Trinajstić information content (AvgIpc) is 3.17. The van der Waals surface area contributed by atoms with Gasteiger partial charge in [-0.1, -0.05) is 24.3 Å². The fourth-order valence-corrected chi connectivity index (χ4v) is 4.44. The van der Waals surface area contributed by atoms with E-state index in [0.29, 0.717) is 17.9 Å². The van der Waals surface area contributed by atoms with E-state index in [1.54, 1.807) is 24.3 Å². The van der Waals surface area contributed by atoms with Crippen LogP contribution in [0.1, 0.15) is 6.92 Å². The predicted molar refractivity (Wildman–Crippen MR) is 121 cm³/mol. The summed E-state index contributed by atoms with van der Waals surface area (Å²) >= 11 is 1.31. The fraction of sp³-hybridized carbons (Fsp3) is 0.286. The van der Waals surface area contributed by atoms with Gasteiger partial charge < -0.3 is 16.0 Å². The van der Waals surface area contributed by atoms with Gasteiger partial charge in [-0.2, -0.15) is 0 Å². The number of benzene rings is 2. The molecule has 2 aromatic carbocycles. The molecule has 0 bridgehead atoms. The first-order valence-corrected chi connectivity index (χ1v) is 11.0. The Morgan fingerprint density at radius 3 is 2.58 bits per heavy atom. The van der Waals surface area contributed by atoms with E-state index in [0.717, 1.165) is 5.69 Å². The number of hydrogen-bond acceptors (Lipinski definition) is 7. The van der Waals surface area contributed by atoms with E-state index in [1.165, 1.54) is 18.7 Å². The topological polar surface area (TPSA) is 115 Å². The van der Waals surface area contributed by atoms with Gasteiger partial charge in [0.15, 0.2) is 0 Å². The number of rotatable bonds is 6. The number of nitrogens with one attached hydrogen (secondary N) is 5. The van der Waals surface area contributed by atoms with Crippen molar-refractivity contribution in [3.8, 4) is 0 Å². The second-order valence-corrected chi connectivity index (χ2v) is 8.39. The second-order valence-electron chi connectivity index (χ2n) is 7.30. The summed E-state index contributed by atoms with van der Waals surface area (Å²) in [6.07, 6.45) is -0.203. The van der Waals surface area contributed by atoms with Gasteiger partial charge in [-0.25, -0.2) is 5.43 Å². The Labute approximate surface area is 184 Å². The Hall–Kier alpha value is -3.08. The second kappa shape index (κ2) is 9.38. The van der Waals surface area contributed by atoms with Gasteiger partial charge >= 0.3 is 0 Å². The molecule has 0 spiro atoms. The molecule has 2 aliphatic heterocycles. The molecule has 4 rings (SSSR count). The van der Waals surface area contributed by atoms with Crippen LogP contribution in [-0.2, 0) is 14.4 Å². The van der Waals surface area contributed by atoms with Gasteiger partial charge in [-0.3, -0.25) is 24.7 Å². The van der Waals surface area contributed by atoms with Crippen LogP contribution in [0.5, 0.6) is 0 Å². The van der Waals surface area contributed by atoms with Crippen molar-refractivity contribution in [1.29, 1.82) is 0 Å². The molecule has 2 heterocycles. The van der Waals surface area contributed by atoms with Crippen LogP contribution in [0.25, 0.3) is 0 Å². The van der Waals surface area contributed by atoms with Crippen molar-refractivity contribution in [2.45, 2.75) is 18.6 Å². The lowest BCUT2D eigenvalue weighted by Gasteiger charge is -2.37. The van der Waals surface area contributed by atoms with Crippen LogP contribution in [0, 0.1) is 5.92 Å². The van der Waals surface area contributed by atoms with Crippen LogP contribution in [0.4, 0.5) is 17.1 Å². The molecule has 3 unspecified atom stereocenters. The van der Waals surface area contributed by atoms with Gasteiger partial charge in [0, 0.05) is 24.8 Å². The summed E-state index contributed by atoms with van der Waals surface area (Å²) in [6.45, 7) is 1.97. The smallest absolute Gasteiger partial charge is 0.234 e. The number of carbonyl (C=O) groups is 3. The summed E-state index contributed by atoms with van der Waals surface area (Å²) < 4.78 is 0. The van der Waals surface area contributed by atoms with Crippen LogP contribution in [-0.4, -0.2) is 41.7 Å². The Morgan fingerprint density at radius 2 is 1.84 bits per heavy atom. The van der Waals surface area contributed by atoms with Gasteiger partial charge in [0.25, 0.3) is 0 Å². The summed E-state index contributed by atoms with van der Waals surface area (Å²) in [4.78, 5) is 36.2. The number of hydrogen-bond donors (Lipinski definition) is 5.